The number of alkyl carbamates (subject to hydrolysis) is 1. The van der Waals surface area contributed by atoms with E-state index in [0.717, 1.165) is 47.5 Å². The van der Waals surface area contributed by atoms with Crippen molar-refractivity contribution in [3.05, 3.63) is 47.5 Å². The molecule has 0 unspecified atom stereocenters. The number of hydrogen-bond donors (Lipinski definition) is 3. The molecule has 2 aromatic rings. The normalized spacial score (nSPS) is 19.2. The number of fused-ring (bicyclic) bond motifs is 2. The smallest absolute Gasteiger partial charge is 0.407 e. The molecule has 2 heterocycles. The van der Waals surface area contributed by atoms with E-state index >= 15 is 0 Å². The summed E-state index contributed by atoms with van der Waals surface area (Å²) in [5.41, 5.74) is 2.70. The Labute approximate surface area is 212 Å². The maximum Gasteiger partial charge on any atom is 0.407 e. The first-order valence-electron chi connectivity index (χ1n) is 12.5. The quantitative estimate of drug-likeness (QED) is 0.526. The molecule has 1 atom stereocenters. The molecule has 3 N–H and O–H groups in total. The minimum atomic E-state index is -0.529. The van der Waals surface area contributed by atoms with Gasteiger partial charge >= 0.3 is 6.09 Å². The van der Waals surface area contributed by atoms with E-state index in [-0.39, 0.29) is 24.2 Å². The van der Waals surface area contributed by atoms with Crippen LogP contribution in [0.15, 0.2) is 36.4 Å². The fourth-order valence-electron chi connectivity index (χ4n) is 4.87. The lowest BCUT2D eigenvalue weighted by atomic mass is 9.83. The summed E-state index contributed by atoms with van der Waals surface area (Å²) in [6.45, 7) is 10.5. The van der Waals surface area contributed by atoms with Gasteiger partial charge in [-0.2, -0.15) is 0 Å². The maximum atomic E-state index is 13.3. The molecule has 2 amide bonds. The highest BCUT2D eigenvalue weighted by Gasteiger charge is 2.51. The van der Waals surface area contributed by atoms with Gasteiger partial charge in [0.1, 0.15) is 5.60 Å². The van der Waals surface area contributed by atoms with Gasteiger partial charge in [-0.05, 0) is 81.5 Å². The van der Waals surface area contributed by atoms with Crippen LogP contribution in [0, 0.1) is 5.41 Å². The standard InChI is InChI=1S/C28H35N3O5/c1-26(2,3)36-25(33)29-15-27(4,5)23-13-17-12-19(7-8-20(17)31-23)30-24(32)28(10-11-28)18-6-9-21-22(14-18)35-16-34-21/h6-9,12,14,23,31H,10-11,13,15-16H2,1-5H3,(H,29,33)(H,30,32)/t23-/m0/s1. The number of carbonyl (C=O) groups excluding carboxylic acids is 2. The van der Waals surface area contributed by atoms with Crippen molar-refractivity contribution in [1.29, 1.82) is 0 Å². The SMILES string of the molecule is CC(C)(C)OC(=O)NCC(C)(C)[C@@H]1Cc2cc(NC(=O)C3(c4ccc5c(c4)OCO5)CC3)ccc2N1. The minimum absolute atomic E-state index is 0.00529. The fraction of sp³-hybridized carbons (Fsp3) is 0.500. The second-order valence-corrected chi connectivity index (χ2v) is 11.7. The molecule has 5 rings (SSSR count). The van der Waals surface area contributed by atoms with Gasteiger partial charge in [0.2, 0.25) is 12.7 Å². The number of nitrogens with one attached hydrogen (secondary N) is 3. The van der Waals surface area contributed by atoms with E-state index in [0.29, 0.717) is 12.3 Å². The van der Waals surface area contributed by atoms with Crippen LogP contribution < -0.4 is 25.4 Å². The van der Waals surface area contributed by atoms with Crippen molar-refractivity contribution < 1.29 is 23.8 Å². The molecule has 1 saturated carbocycles. The predicted octanol–water partition coefficient (Wildman–Crippen LogP) is 4.97. The van der Waals surface area contributed by atoms with Crippen molar-refractivity contribution in [2.75, 3.05) is 24.0 Å². The van der Waals surface area contributed by atoms with Crippen molar-refractivity contribution >= 4 is 23.4 Å². The molecule has 2 aromatic carbocycles. The monoisotopic (exact) mass is 493 g/mol. The Hall–Kier alpha value is -3.42. The van der Waals surface area contributed by atoms with Crippen LogP contribution >= 0.6 is 0 Å². The molecule has 0 saturated heterocycles. The van der Waals surface area contributed by atoms with Crippen LogP contribution in [0.5, 0.6) is 11.5 Å². The Bertz CT molecular complexity index is 1200. The lowest BCUT2D eigenvalue weighted by molar-refractivity contribution is -0.118. The van der Waals surface area contributed by atoms with E-state index in [1.807, 2.05) is 57.2 Å². The predicted molar refractivity (Wildman–Crippen MR) is 138 cm³/mol. The molecule has 3 aliphatic rings. The molecule has 8 nitrogen and oxygen atoms in total. The van der Waals surface area contributed by atoms with Crippen molar-refractivity contribution in [3.8, 4) is 11.5 Å². The third-order valence-corrected chi connectivity index (χ3v) is 7.26. The molecule has 2 aliphatic heterocycles. The van der Waals surface area contributed by atoms with Crippen LogP contribution in [0.4, 0.5) is 16.2 Å². The Balaban J connectivity index is 1.22. The minimum Gasteiger partial charge on any atom is -0.454 e. The van der Waals surface area contributed by atoms with Gasteiger partial charge in [-0.1, -0.05) is 19.9 Å². The molecule has 1 aliphatic carbocycles. The molecule has 0 bridgehead atoms. The van der Waals surface area contributed by atoms with Gasteiger partial charge in [0.15, 0.2) is 11.5 Å². The first-order chi connectivity index (χ1) is 17.0. The first-order valence-corrected chi connectivity index (χ1v) is 12.5. The molecular formula is C28H35N3O5. The Morgan fingerprint density at radius 3 is 2.53 bits per heavy atom. The molecule has 0 spiro atoms. The molecule has 0 radical (unpaired) electrons. The molecule has 36 heavy (non-hydrogen) atoms. The topological polar surface area (TPSA) is 97.9 Å². The van der Waals surface area contributed by atoms with E-state index in [1.165, 1.54) is 0 Å². The molecule has 8 heteroatoms. The highest BCUT2D eigenvalue weighted by molar-refractivity contribution is 6.01. The number of amides is 2. The summed E-state index contributed by atoms with van der Waals surface area (Å²) in [4.78, 5) is 25.4. The second kappa shape index (κ2) is 8.61. The van der Waals surface area contributed by atoms with Crippen LogP contribution in [-0.4, -0.2) is 37.0 Å². The Morgan fingerprint density at radius 1 is 1.06 bits per heavy atom. The van der Waals surface area contributed by atoms with Crippen molar-refractivity contribution in [1.82, 2.24) is 5.32 Å². The van der Waals surface area contributed by atoms with Gasteiger partial charge in [-0.25, -0.2) is 4.79 Å². The zero-order valence-electron chi connectivity index (χ0n) is 21.6. The maximum absolute atomic E-state index is 13.3. The van der Waals surface area contributed by atoms with Crippen molar-refractivity contribution in [2.24, 2.45) is 5.41 Å². The van der Waals surface area contributed by atoms with Gasteiger partial charge in [0.25, 0.3) is 0 Å². The third-order valence-electron chi connectivity index (χ3n) is 7.26. The van der Waals surface area contributed by atoms with Gasteiger partial charge < -0.3 is 30.2 Å². The van der Waals surface area contributed by atoms with E-state index in [2.05, 4.69) is 29.8 Å². The van der Waals surface area contributed by atoms with E-state index < -0.39 is 17.1 Å². The van der Waals surface area contributed by atoms with E-state index in [1.54, 1.807) is 0 Å². The third kappa shape index (κ3) is 4.81. The van der Waals surface area contributed by atoms with E-state index in [9.17, 15) is 9.59 Å². The zero-order valence-corrected chi connectivity index (χ0v) is 21.6. The van der Waals surface area contributed by atoms with Crippen LogP contribution in [0.1, 0.15) is 58.6 Å². The Morgan fingerprint density at radius 2 is 1.81 bits per heavy atom. The van der Waals surface area contributed by atoms with Crippen LogP contribution in [0.2, 0.25) is 0 Å². The lowest BCUT2D eigenvalue weighted by Gasteiger charge is -2.32. The van der Waals surface area contributed by atoms with E-state index in [4.69, 9.17) is 14.2 Å². The van der Waals surface area contributed by atoms with Gasteiger partial charge in [0, 0.05) is 29.4 Å². The summed E-state index contributed by atoms with van der Waals surface area (Å²) < 4.78 is 16.3. The number of carbonyl (C=O) groups is 2. The van der Waals surface area contributed by atoms with Crippen LogP contribution in [0.25, 0.3) is 0 Å². The summed E-state index contributed by atoms with van der Waals surface area (Å²) in [5, 5.41) is 9.63. The lowest BCUT2D eigenvalue weighted by Crippen LogP contribution is -2.45. The summed E-state index contributed by atoms with van der Waals surface area (Å²) in [7, 11) is 0. The summed E-state index contributed by atoms with van der Waals surface area (Å²) >= 11 is 0. The zero-order chi connectivity index (χ0) is 25.7. The van der Waals surface area contributed by atoms with Gasteiger partial charge in [0.05, 0.1) is 5.41 Å². The highest BCUT2D eigenvalue weighted by atomic mass is 16.7. The summed E-state index contributed by atoms with van der Waals surface area (Å²) in [6.07, 6.45) is 2.01. The number of hydrogen-bond acceptors (Lipinski definition) is 6. The highest BCUT2D eigenvalue weighted by Crippen LogP contribution is 2.51. The largest absolute Gasteiger partial charge is 0.454 e. The molecule has 192 valence electrons. The number of anilines is 2. The fourth-order valence-corrected chi connectivity index (χ4v) is 4.87. The van der Waals surface area contributed by atoms with Gasteiger partial charge in [-0.15, -0.1) is 0 Å². The first kappa shape index (κ1) is 24.3. The average Bonchev–Trinajstić information content (AvgIpc) is 3.28. The number of ether oxygens (including phenoxy) is 3. The molecule has 1 fully saturated rings. The van der Waals surface area contributed by atoms with Crippen LogP contribution in [0.3, 0.4) is 0 Å². The summed E-state index contributed by atoms with van der Waals surface area (Å²) in [6, 6.07) is 11.9. The Kier molecular flexibility index (Phi) is 5.80. The average molecular weight is 494 g/mol. The van der Waals surface area contributed by atoms with Crippen molar-refractivity contribution in [2.45, 2.75) is 70.9 Å². The van der Waals surface area contributed by atoms with Crippen LogP contribution in [-0.2, 0) is 21.4 Å². The van der Waals surface area contributed by atoms with Gasteiger partial charge in [-0.3, -0.25) is 4.79 Å². The number of rotatable bonds is 6. The molecule has 0 aromatic heterocycles. The van der Waals surface area contributed by atoms with Crippen molar-refractivity contribution in [3.63, 3.8) is 0 Å². The number of benzene rings is 2. The summed E-state index contributed by atoms with van der Waals surface area (Å²) in [5.74, 6) is 1.43. The molecular weight excluding hydrogens is 458 g/mol. The second-order valence-electron chi connectivity index (χ2n) is 11.7.